The van der Waals surface area contributed by atoms with Gasteiger partial charge in [0.25, 0.3) is 0 Å². The molecule has 2 aliphatic heterocycles. The molecule has 0 saturated carbocycles. The first-order chi connectivity index (χ1) is 9.77. The molecule has 21 heavy (non-hydrogen) atoms. The van der Waals surface area contributed by atoms with Crippen LogP contribution in [0.1, 0.15) is 27.2 Å². The van der Waals surface area contributed by atoms with Crippen molar-refractivity contribution in [3.63, 3.8) is 0 Å². The number of carbonyl (C=O) groups is 2. The van der Waals surface area contributed by atoms with Crippen molar-refractivity contribution in [2.45, 2.75) is 32.7 Å². The fraction of sp³-hybridized carbons (Fsp3) is 0.867. The lowest BCUT2D eigenvalue weighted by Gasteiger charge is -2.35. The number of carboxylic acid groups (broad SMARTS) is 1. The highest BCUT2D eigenvalue weighted by Gasteiger charge is 2.36. The molecule has 2 fully saturated rings. The van der Waals surface area contributed by atoms with E-state index in [1.54, 1.807) is 0 Å². The van der Waals surface area contributed by atoms with Gasteiger partial charge in [0.15, 0.2) is 0 Å². The van der Waals surface area contributed by atoms with Crippen LogP contribution < -0.4 is 0 Å². The topological polar surface area (TPSA) is 64.1 Å². The average Bonchev–Trinajstić information content (AvgIpc) is 2.87. The minimum Gasteiger partial charge on any atom is -0.480 e. The summed E-state index contributed by atoms with van der Waals surface area (Å²) in [5.41, 5.74) is 0.120. The van der Waals surface area contributed by atoms with E-state index in [4.69, 9.17) is 5.11 Å². The summed E-state index contributed by atoms with van der Waals surface area (Å²) in [4.78, 5) is 29.4. The minimum atomic E-state index is -0.800. The molecular formula is C15H27N3O3. The highest BCUT2D eigenvalue weighted by Crippen LogP contribution is 2.26. The van der Waals surface area contributed by atoms with Crippen molar-refractivity contribution in [2.24, 2.45) is 5.92 Å². The van der Waals surface area contributed by atoms with E-state index in [1.807, 2.05) is 9.80 Å². The number of likely N-dealkylation sites (tertiary alicyclic amines) is 1. The number of carbonyl (C=O) groups excluding carboxylic acids is 1. The van der Waals surface area contributed by atoms with Crippen molar-refractivity contribution in [2.75, 3.05) is 45.8 Å². The van der Waals surface area contributed by atoms with E-state index in [9.17, 15) is 9.59 Å². The summed E-state index contributed by atoms with van der Waals surface area (Å²) in [7, 11) is 0. The van der Waals surface area contributed by atoms with E-state index in [2.05, 4.69) is 25.7 Å². The van der Waals surface area contributed by atoms with Crippen LogP contribution in [0.2, 0.25) is 0 Å². The fourth-order valence-corrected chi connectivity index (χ4v) is 3.15. The maximum Gasteiger partial charge on any atom is 0.317 e. The Labute approximate surface area is 126 Å². The quantitative estimate of drug-likeness (QED) is 0.813. The van der Waals surface area contributed by atoms with Gasteiger partial charge < -0.3 is 10.0 Å². The molecule has 2 heterocycles. The number of hydrogen-bond acceptors (Lipinski definition) is 4. The predicted octanol–water partition coefficient (Wildman–Crippen LogP) is 0.336. The maximum absolute atomic E-state index is 12.6. The molecule has 0 aliphatic carbocycles. The Kier molecular flexibility index (Phi) is 4.88. The van der Waals surface area contributed by atoms with Crippen molar-refractivity contribution in [1.29, 1.82) is 0 Å². The molecule has 0 aromatic rings. The molecule has 0 spiro atoms. The van der Waals surface area contributed by atoms with Crippen LogP contribution >= 0.6 is 0 Å². The van der Waals surface area contributed by atoms with E-state index in [0.29, 0.717) is 26.2 Å². The summed E-state index contributed by atoms with van der Waals surface area (Å²) in [6.45, 7) is 11.1. The van der Waals surface area contributed by atoms with Gasteiger partial charge in [0.1, 0.15) is 0 Å². The van der Waals surface area contributed by atoms with Gasteiger partial charge in [0.2, 0.25) is 5.91 Å². The highest BCUT2D eigenvalue weighted by atomic mass is 16.4. The second-order valence-corrected chi connectivity index (χ2v) is 7.10. The van der Waals surface area contributed by atoms with Crippen LogP contribution in [0.25, 0.3) is 0 Å². The molecule has 2 aliphatic rings. The Bertz CT molecular complexity index is 397. The van der Waals surface area contributed by atoms with E-state index < -0.39 is 5.97 Å². The summed E-state index contributed by atoms with van der Waals surface area (Å²) in [5, 5.41) is 8.79. The molecule has 2 saturated heterocycles. The molecule has 1 unspecified atom stereocenters. The highest BCUT2D eigenvalue weighted by molar-refractivity contribution is 5.79. The lowest BCUT2D eigenvalue weighted by molar-refractivity contribution is -0.140. The zero-order valence-corrected chi connectivity index (χ0v) is 13.3. The molecule has 0 bridgehead atoms. The number of carboxylic acids is 1. The minimum absolute atomic E-state index is 0.0727. The van der Waals surface area contributed by atoms with Gasteiger partial charge >= 0.3 is 5.97 Å². The summed E-state index contributed by atoms with van der Waals surface area (Å²) >= 11 is 0. The number of nitrogens with zero attached hydrogens (tertiary/aromatic N) is 3. The Balaban J connectivity index is 1.82. The van der Waals surface area contributed by atoms with Gasteiger partial charge in [0, 0.05) is 38.3 Å². The molecule has 6 heteroatoms. The second-order valence-electron chi connectivity index (χ2n) is 7.10. The molecule has 2 rings (SSSR count). The van der Waals surface area contributed by atoms with Crippen molar-refractivity contribution >= 4 is 11.9 Å². The van der Waals surface area contributed by atoms with E-state index in [1.165, 1.54) is 0 Å². The molecule has 1 amide bonds. The summed E-state index contributed by atoms with van der Waals surface area (Å²) in [6, 6.07) is 0. The first-order valence-corrected chi connectivity index (χ1v) is 7.75. The third-order valence-corrected chi connectivity index (χ3v) is 4.53. The number of hydrogen-bond donors (Lipinski definition) is 1. The number of aliphatic carboxylic acids is 1. The number of amides is 1. The van der Waals surface area contributed by atoms with E-state index in [0.717, 1.165) is 19.5 Å². The van der Waals surface area contributed by atoms with Crippen molar-refractivity contribution in [3.8, 4) is 0 Å². The lowest BCUT2D eigenvalue weighted by atomic mass is 10.1. The Morgan fingerprint density at radius 2 is 1.71 bits per heavy atom. The number of piperazine rings is 1. The first-order valence-electron chi connectivity index (χ1n) is 7.75. The molecular weight excluding hydrogens is 270 g/mol. The van der Waals surface area contributed by atoms with Crippen LogP contribution in [-0.2, 0) is 9.59 Å². The van der Waals surface area contributed by atoms with Crippen LogP contribution in [0, 0.1) is 5.92 Å². The van der Waals surface area contributed by atoms with Crippen LogP contribution in [0.4, 0.5) is 0 Å². The average molecular weight is 297 g/mol. The van der Waals surface area contributed by atoms with Crippen LogP contribution in [0.5, 0.6) is 0 Å². The van der Waals surface area contributed by atoms with Gasteiger partial charge in [-0.15, -0.1) is 0 Å². The fourth-order valence-electron chi connectivity index (χ4n) is 3.15. The summed E-state index contributed by atoms with van der Waals surface area (Å²) < 4.78 is 0. The summed E-state index contributed by atoms with van der Waals surface area (Å²) in [6.07, 6.45) is 0.936. The third kappa shape index (κ3) is 4.17. The zero-order valence-electron chi connectivity index (χ0n) is 13.3. The van der Waals surface area contributed by atoms with Gasteiger partial charge in [-0.2, -0.15) is 0 Å². The maximum atomic E-state index is 12.6. The molecule has 0 aromatic heterocycles. The lowest BCUT2D eigenvalue weighted by Crippen LogP contribution is -2.51. The standard InChI is InChI=1S/C15H27N3O3/c1-15(2,3)18-5-4-12(10-18)14(21)17-8-6-16(7-9-17)11-13(19)20/h12H,4-11H2,1-3H3,(H,19,20). The van der Waals surface area contributed by atoms with Gasteiger partial charge in [-0.05, 0) is 33.7 Å². The zero-order chi connectivity index (χ0) is 15.6. The van der Waals surface area contributed by atoms with Crippen molar-refractivity contribution in [1.82, 2.24) is 14.7 Å². The van der Waals surface area contributed by atoms with Gasteiger partial charge in [-0.3, -0.25) is 19.4 Å². The Morgan fingerprint density at radius 3 is 2.19 bits per heavy atom. The Hall–Kier alpha value is -1.14. The Morgan fingerprint density at radius 1 is 1.10 bits per heavy atom. The van der Waals surface area contributed by atoms with Crippen LogP contribution in [-0.4, -0.2) is 83.0 Å². The van der Waals surface area contributed by atoms with Crippen LogP contribution in [0.15, 0.2) is 0 Å². The molecule has 0 radical (unpaired) electrons. The largest absolute Gasteiger partial charge is 0.480 e. The predicted molar refractivity (Wildman–Crippen MR) is 80.1 cm³/mol. The summed E-state index contributed by atoms with van der Waals surface area (Å²) in [5.74, 6) is -0.446. The monoisotopic (exact) mass is 297 g/mol. The van der Waals surface area contributed by atoms with Gasteiger partial charge in [-0.25, -0.2) is 0 Å². The van der Waals surface area contributed by atoms with E-state index >= 15 is 0 Å². The van der Waals surface area contributed by atoms with Crippen molar-refractivity contribution in [3.05, 3.63) is 0 Å². The molecule has 6 nitrogen and oxygen atoms in total. The van der Waals surface area contributed by atoms with Crippen molar-refractivity contribution < 1.29 is 14.7 Å². The van der Waals surface area contributed by atoms with Crippen LogP contribution in [0.3, 0.4) is 0 Å². The molecule has 1 atom stereocenters. The molecule has 1 N–H and O–H groups in total. The smallest absolute Gasteiger partial charge is 0.317 e. The SMILES string of the molecule is CC(C)(C)N1CCC(C(=O)N2CCN(CC(=O)O)CC2)C1. The number of rotatable bonds is 3. The van der Waals surface area contributed by atoms with Gasteiger partial charge in [0.05, 0.1) is 12.5 Å². The normalized spacial score (nSPS) is 25.3. The third-order valence-electron chi connectivity index (χ3n) is 4.53. The molecule has 120 valence electrons. The first kappa shape index (κ1) is 16.2. The molecule has 0 aromatic carbocycles. The van der Waals surface area contributed by atoms with Gasteiger partial charge in [-0.1, -0.05) is 0 Å². The second kappa shape index (κ2) is 6.32. The van der Waals surface area contributed by atoms with E-state index in [-0.39, 0.29) is 23.9 Å².